The number of carbonyl (C=O) groups excluding carboxylic acids is 1. The highest BCUT2D eigenvalue weighted by Gasteiger charge is 2.42. The molecular formula is C25H28F2N4O5. The summed E-state index contributed by atoms with van der Waals surface area (Å²) >= 11 is 0. The minimum atomic E-state index is -4.09. The highest BCUT2D eigenvalue weighted by Crippen LogP contribution is 2.20. The van der Waals surface area contributed by atoms with Crippen LogP contribution >= 0.6 is 0 Å². The summed E-state index contributed by atoms with van der Waals surface area (Å²) in [4.78, 5) is 41.4. The molecular weight excluding hydrogens is 474 g/mol. The number of carbonyl (C=O) groups is 1. The molecule has 0 radical (unpaired) electrons. The Bertz CT molecular complexity index is 1300. The van der Waals surface area contributed by atoms with Crippen molar-refractivity contribution >= 4 is 17.6 Å². The zero-order valence-electron chi connectivity index (χ0n) is 20.3. The van der Waals surface area contributed by atoms with E-state index in [1.165, 1.54) is 6.92 Å². The average Bonchev–Trinajstić information content (AvgIpc) is 2.85. The predicted octanol–water partition coefficient (Wildman–Crippen LogP) is 3.49. The van der Waals surface area contributed by atoms with Gasteiger partial charge in [0.2, 0.25) is 5.95 Å². The second-order valence-corrected chi connectivity index (χ2v) is 8.08. The third-order valence-corrected chi connectivity index (χ3v) is 5.13. The van der Waals surface area contributed by atoms with Crippen LogP contribution in [0.25, 0.3) is 0 Å². The van der Waals surface area contributed by atoms with Crippen molar-refractivity contribution in [2.75, 3.05) is 18.5 Å². The van der Waals surface area contributed by atoms with Gasteiger partial charge in [-0.3, -0.25) is 4.57 Å². The number of nitrogens with one attached hydrogen (secondary N) is 1. The van der Waals surface area contributed by atoms with Crippen molar-refractivity contribution in [1.29, 1.82) is 0 Å². The highest BCUT2D eigenvalue weighted by atomic mass is 19.3. The molecule has 3 rings (SSSR count). The number of halogens is 2. The lowest BCUT2D eigenvalue weighted by Crippen LogP contribution is -2.48. The number of anilines is 2. The SMILES string of the molecule is CCCOc1ccc(Nc2nc(=O)n(CC(F)(F)C(=O)OCC)c(=O)n2Cc2ccc(C)cc2)cc1. The van der Waals surface area contributed by atoms with Crippen molar-refractivity contribution in [1.82, 2.24) is 14.1 Å². The van der Waals surface area contributed by atoms with Crippen molar-refractivity contribution < 1.29 is 23.0 Å². The molecule has 0 amide bonds. The predicted molar refractivity (Wildman–Crippen MR) is 130 cm³/mol. The van der Waals surface area contributed by atoms with Gasteiger partial charge in [-0.2, -0.15) is 13.8 Å². The van der Waals surface area contributed by atoms with Gasteiger partial charge in [-0.05, 0) is 50.1 Å². The smallest absolute Gasteiger partial charge is 0.378 e. The van der Waals surface area contributed by atoms with Gasteiger partial charge in [0, 0.05) is 5.69 Å². The van der Waals surface area contributed by atoms with Crippen LogP contribution in [0.4, 0.5) is 20.4 Å². The molecule has 192 valence electrons. The third kappa shape index (κ3) is 6.55. The summed E-state index contributed by atoms with van der Waals surface area (Å²) in [5.41, 5.74) is -0.109. The molecule has 1 N–H and O–H groups in total. The Labute approximate surface area is 206 Å². The van der Waals surface area contributed by atoms with E-state index in [-0.39, 0.29) is 23.7 Å². The second kappa shape index (κ2) is 11.6. The Hall–Kier alpha value is -4.02. The first-order chi connectivity index (χ1) is 17.1. The molecule has 9 nitrogen and oxygen atoms in total. The van der Waals surface area contributed by atoms with E-state index >= 15 is 0 Å². The molecule has 0 atom stereocenters. The number of aromatic nitrogens is 3. The van der Waals surface area contributed by atoms with Crippen LogP contribution in [-0.2, 0) is 22.6 Å². The second-order valence-electron chi connectivity index (χ2n) is 8.08. The van der Waals surface area contributed by atoms with Crippen LogP contribution in [0.2, 0.25) is 0 Å². The lowest BCUT2D eigenvalue weighted by molar-refractivity contribution is -0.173. The van der Waals surface area contributed by atoms with Crippen molar-refractivity contribution in [2.45, 2.75) is 46.2 Å². The van der Waals surface area contributed by atoms with E-state index < -0.39 is 29.8 Å². The van der Waals surface area contributed by atoms with Crippen LogP contribution in [0.3, 0.4) is 0 Å². The van der Waals surface area contributed by atoms with Gasteiger partial charge in [-0.15, -0.1) is 0 Å². The molecule has 0 unspecified atom stereocenters. The first-order valence-electron chi connectivity index (χ1n) is 11.5. The topological polar surface area (TPSA) is 104 Å². The maximum atomic E-state index is 14.4. The summed E-state index contributed by atoms with van der Waals surface area (Å²) in [7, 11) is 0. The van der Waals surface area contributed by atoms with E-state index in [0.717, 1.165) is 16.6 Å². The van der Waals surface area contributed by atoms with E-state index in [0.29, 0.717) is 23.6 Å². The molecule has 0 bridgehead atoms. The largest absolute Gasteiger partial charge is 0.494 e. The molecule has 0 aliphatic rings. The zero-order chi connectivity index (χ0) is 26.3. The van der Waals surface area contributed by atoms with Crippen molar-refractivity contribution in [3.8, 4) is 5.75 Å². The zero-order valence-corrected chi connectivity index (χ0v) is 20.3. The van der Waals surface area contributed by atoms with E-state index in [9.17, 15) is 23.2 Å². The van der Waals surface area contributed by atoms with Gasteiger partial charge >= 0.3 is 23.3 Å². The molecule has 0 aliphatic carbocycles. The number of esters is 1. The Morgan fingerprint density at radius 2 is 1.69 bits per heavy atom. The number of ether oxygens (including phenoxy) is 2. The summed E-state index contributed by atoms with van der Waals surface area (Å²) < 4.78 is 40.0. The Balaban J connectivity index is 2.02. The van der Waals surface area contributed by atoms with Crippen LogP contribution in [-0.4, -0.2) is 39.2 Å². The molecule has 0 saturated carbocycles. The molecule has 1 heterocycles. The van der Waals surface area contributed by atoms with E-state index in [2.05, 4.69) is 15.0 Å². The van der Waals surface area contributed by atoms with Gasteiger partial charge in [-0.1, -0.05) is 36.8 Å². The lowest BCUT2D eigenvalue weighted by atomic mass is 10.1. The molecule has 3 aromatic rings. The number of benzene rings is 2. The summed E-state index contributed by atoms with van der Waals surface area (Å²) in [6, 6.07) is 14.0. The lowest BCUT2D eigenvalue weighted by Gasteiger charge is -2.18. The number of hydrogen-bond acceptors (Lipinski definition) is 7. The van der Waals surface area contributed by atoms with Gasteiger partial charge < -0.3 is 14.8 Å². The number of rotatable bonds is 11. The van der Waals surface area contributed by atoms with Crippen molar-refractivity contribution in [3.63, 3.8) is 0 Å². The fourth-order valence-electron chi connectivity index (χ4n) is 3.26. The summed E-state index contributed by atoms with van der Waals surface area (Å²) in [6.45, 7) is 3.99. The fraction of sp³-hybridized carbons (Fsp3) is 0.360. The normalized spacial score (nSPS) is 11.2. The average molecular weight is 503 g/mol. The Morgan fingerprint density at radius 3 is 2.31 bits per heavy atom. The van der Waals surface area contributed by atoms with Crippen molar-refractivity contribution in [3.05, 3.63) is 80.6 Å². The van der Waals surface area contributed by atoms with Crippen LogP contribution in [0.5, 0.6) is 5.75 Å². The van der Waals surface area contributed by atoms with Gasteiger partial charge in [0.1, 0.15) is 12.3 Å². The number of alkyl halides is 2. The first-order valence-corrected chi connectivity index (χ1v) is 11.5. The van der Waals surface area contributed by atoms with Gasteiger partial charge in [0.05, 0.1) is 19.8 Å². The Kier molecular flexibility index (Phi) is 8.57. The van der Waals surface area contributed by atoms with Crippen LogP contribution in [0.1, 0.15) is 31.4 Å². The van der Waals surface area contributed by atoms with Gasteiger partial charge in [0.25, 0.3) is 0 Å². The van der Waals surface area contributed by atoms with Crippen LogP contribution in [0, 0.1) is 6.92 Å². The van der Waals surface area contributed by atoms with Crippen LogP contribution < -0.4 is 21.4 Å². The molecule has 11 heteroatoms. The molecule has 0 spiro atoms. The number of aryl methyl sites for hydroxylation is 1. The summed E-state index contributed by atoms with van der Waals surface area (Å²) in [5.74, 6) is -5.41. The molecule has 36 heavy (non-hydrogen) atoms. The Morgan fingerprint density at radius 1 is 1.03 bits per heavy atom. The number of nitrogens with zero attached hydrogens (tertiary/aromatic N) is 3. The minimum absolute atomic E-state index is 0.0581. The molecule has 1 aromatic heterocycles. The van der Waals surface area contributed by atoms with Crippen molar-refractivity contribution in [2.24, 2.45) is 0 Å². The highest BCUT2D eigenvalue weighted by molar-refractivity contribution is 5.77. The fourth-order valence-corrected chi connectivity index (χ4v) is 3.26. The first kappa shape index (κ1) is 26.6. The molecule has 2 aromatic carbocycles. The summed E-state index contributed by atoms with van der Waals surface area (Å²) in [6.07, 6.45) is 0.848. The molecule has 0 saturated heterocycles. The van der Waals surface area contributed by atoms with E-state index in [4.69, 9.17) is 4.74 Å². The maximum absolute atomic E-state index is 14.4. The van der Waals surface area contributed by atoms with E-state index in [1.54, 1.807) is 36.4 Å². The van der Waals surface area contributed by atoms with Gasteiger partial charge in [-0.25, -0.2) is 19.0 Å². The quantitative estimate of drug-likeness (QED) is 0.400. The maximum Gasteiger partial charge on any atom is 0.378 e. The standard InChI is InChI=1S/C25H28F2N4O5/c1-4-14-36-20-12-10-19(11-13-20)28-22-29-23(33)31(16-25(26,27)21(32)35-5-2)24(34)30(22)15-18-8-6-17(3)7-9-18/h6-13H,4-5,14-16H2,1-3H3,(H,28,29,33). The van der Waals surface area contributed by atoms with E-state index in [1.807, 2.05) is 26.0 Å². The molecule has 0 fully saturated rings. The van der Waals surface area contributed by atoms with Crippen LogP contribution in [0.15, 0.2) is 58.1 Å². The molecule has 0 aliphatic heterocycles. The number of hydrogen-bond donors (Lipinski definition) is 1. The summed E-state index contributed by atoms with van der Waals surface area (Å²) in [5, 5.41) is 2.91. The third-order valence-electron chi connectivity index (χ3n) is 5.13. The monoisotopic (exact) mass is 502 g/mol. The van der Waals surface area contributed by atoms with Gasteiger partial charge in [0.15, 0.2) is 0 Å². The minimum Gasteiger partial charge on any atom is -0.494 e.